The number of hydrogen-bond donors (Lipinski definition) is 0. The molecule has 2 aliphatic heterocycles. The van der Waals surface area contributed by atoms with E-state index in [0.29, 0.717) is 42.6 Å². The normalized spacial score (nSPS) is 18.8. The van der Waals surface area contributed by atoms with Gasteiger partial charge in [0.2, 0.25) is 0 Å². The number of amides is 2. The topological polar surface area (TPSA) is 101 Å². The predicted octanol–water partition coefficient (Wildman–Crippen LogP) is 6.89. The molecule has 240 valence electrons. The zero-order valence-electron chi connectivity index (χ0n) is 26.6. The molecule has 3 aromatic rings. The van der Waals surface area contributed by atoms with Gasteiger partial charge in [0, 0.05) is 47.2 Å². The summed E-state index contributed by atoms with van der Waals surface area (Å²) in [5.41, 5.74) is 4.45. The number of hydrogen-bond acceptors (Lipinski definition) is 7. The van der Waals surface area contributed by atoms with Crippen molar-refractivity contribution in [2.24, 2.45) is 0 Å². The second-order valence-corrected chi connectivity index (χ2v) is 13.4. The Morgan fingerprint density at radius 3 is 1.83 bits per heavy atom. The van der Waals surface area contributed by atoms with E-state index in [1.165, 1.54) is 6.92 Å². The van der Waals surface area contributed by atoms with Crippen molar-refractivity contribution in [1.29, 1.82) is 0 Å². The molecule has 0 bridgehead atoms. The molecule has 2 heterocycles. The van der Waals surface area contributed by atoms with E-state index in [2.05, 4.69) is 0 Å². The van der Waals surface area contributed by atoms with Crippen LogP contribution in [0.25, 0.3) is 0 Å². The minimum absolute atomic E-state index is 0.00945. The molecular formula is C37H40N2O6S. The Labute approximate surface area is 274 Å². The number of Topliss-reactive ketones (excluding diaryl/α,β-unsaturated/α-hetero) is 3. The number of fused-ring (bicyclic) bond motifs is 1. The summed E-state index contributed by atoms with van der Waals surface area (Å²) in [5.74, 6) is 0.474. The zero-order chi connectivity index (χ0) is 32.8. The van der Waals surface area contributed by atoms with Gasteiger partial charge in [0.25, 0.3) is 0 Å². The lowest BCUT2D eigenvalue weighted by molar-refractivity contribution is -0.145. The molecule has 0 spiro atoms. The number of unbranched alkanes of at least 4 members (excludes halogenated alkanes) is 1. The van der Waals surface area contributed by atoms with Crippen LogP contribution < -0.4 is 0 Å². The fourth-order valence-electron chi connectivity index (χ4n) is 6.30. The first-order valence-electron chi connectivity index (χ1n) is 15.7. The molecule has 0 radical (unpaired) electrons. The maximum atomic E-state index is 14.0. The van der Waals surface area contributed by atoms with Gasteiger partial charge in [-0.2, -0.15) is 11.8 Å². The Morgan fingerprint density at radius 1 is 0.739 bits per heavy atom. The summed E-state index contributed by atoms with van der Waals surface area (Å²) in [6.07, 6.45) is 2.65. The molecule has 0 N–H and O–H groups in total. The van der Waals surface area contributed by atoms with Crippen LogP contribution in [-0.2, 0) is 29.2 Å². The third kappa shape index (κ3) is 7.94. The minimum Gasteiger partial charge on any atom is -0.461 e. The average Bonchev–Trinajstić information content (AvgIpc) is 3.56. The number of carbonyl (C=O) groups excluding carboxylic acids is 5. The van der Waals surface area contributed by atoms with Gasteiger partial charge in [-0.05, 0) is 68.5 Å². The fourth-order valence-corrected chi connectivity index (χ4v) is 7.98. The Kier molecular flexibility index (Phi) is 10.7. The lowest BCUT2D eigenvalue weighted by atomic mass is 10.00. The summed E-state index contributed by atoms with van der Waals surface area (Å²) in [6, 6.07) is 22.0. The number of nitrogens with zero attached hydrogens (tertiary/aromatic N) is 2. The highest BCUT2D eigenvalue weighted by molar-refractivity contribution is 8.00. The molecule has 2 amide bonds. The number of carbonyl (C=O) groups is 5. The second-order valence-electron chi connectivity index (χ2n) is 12.1. The van der Waals surface area contributed by atoms with Crippen molar-refractivity contribution < 1.29 is 28.7 Å². The highest BCUT2D eigenvalue weighted by atomic mass is 32.2. The van der Waals surface area contributed by atoms with Crippen LogP contribution in [0.1, 0.15) is 94.2 Å². The van der Waals surface area contributed by atoms with Gasteiger partial charge >= 0.3 is 12.0 Å². The SMILES string of the molecule is CC(=O)c1cccc(COC(=O)CCCC[C@@H]2SCC3C2N(Cc2cccc(C(C)=O)c2)C(=O)N3Cc2cccc(C(C)=O)c2)c1. The molecule has 46 heavy (non-hydrogen) atoms. The molecular weight excluding hydrogens is 600 g/mol. The summed E-state index contributed by atoms with van der Waals surface area (Å²) >= 11 is 1.86. The minimum atomic E-state index is -0.271. The number of rotatable bonds is 14. The summed E-state index contributed by atoms with van der Waals surface area (Å²) < 4.78 is 5.46. The number of ketones is 3. The van der Waals surface area contributed by atoms with Gasteiger partial charge in [0.1, 0.15) is 6.61 Å². The Bertz CT molecular complexity index is 1640. The molecule has 8 nitrogen and oxygen atoms in total. The third-order valence-corrected chi connectivity index (χ3v) is 10.2. The first-order chi connectivity index (χ1) is 22.1. The summed E-state index contributed by atoms with van der Waals surface area (Å²) in [4.78, 5) is 66.0. The lowest BCUT2D eigenvalue weighted by Gasteiger charge is -2.27. The van der Waals surface area contributed by atoms with E-state index in [1.807, 2.05) is 64.0 Å². The van der Waals surface area contributed by atoms with Gasteiger partial charge in [0.05, 0.1) is 12.1 Å². The number of benzene rings is 3. The van der Waals surface area contributed by atoms with Crippen molar-refractivity contribution in [2.75, 3.05) is 5.75 Å². The Hall–Kier alpha value is -4.24. The van der Waals surface area contributed by atoms with E-state index in [4.69, 9.17) is 4.74 Å². The molecule has 2 aliphatic rings. The maximum absolute atomic E-state index is 14.0. The van der Waals surface area contributed by atoms with Crippen LogP contribution in [0.4, 0.5) is 4.79 Å². The third-order valence-electron chi connectivity index (χ3n) is 8.73. The monoisotopic (exact) mass is 640 g/mol. The highest BCUT2D eigenvalue weighted by Crippen LogP contribution is 2.43. The Balaban J connectivity index is 1.23. The van der Waals surface area contributed by atoms with Crippen LogP contribution in [0.3, 0.4) is 0 Å². The Morgan fingerprint density at radius 2 is 1.26 bits per heavy atom. The molecule has 0 aliphatic carbocycles. The molecule has 0 saturated carbocycles. The van der Waals surface area contributed by atoms with Crippen molar-refractivity contribution in [1.82, 2.24) is 9.80 Å². The van der Waals surface area contributed by atoms with Crippen molar-refractivity contribution in [2.45, 2.75) is 83.5 Å². The van der Waals surface area contributed by atoms with Gasteiger partial charge in [-0.1, -0.05) is 61.0 Å². The van der Waals surface area contributed by atoms with E-state index in [0.717, 1.165) is 35.3 Å². The fraction of sp³-hybridized carbons (Fsp3) is 0.378. The van der Waals surface area contributed by atoms with E-state index >= 15 is 0 Å². The van der Waals surface area contributed by atoms with E-state index in [9.17, 15) is 24.0 Å². The quantitative estimate of drug-likeness (QED) is 0.0819. The number of urea groups is 1. The smallest absolute Gasteiger partial charge is 0.321 e. The van der Waals surface area contributed by atoms with Crippen molar-refractivity contribution in [3.63, 3.8) is 0 Å². The standard InChI is InChI=1S/C37H40N2O6S/c1-24(40)30-12-6-9-27(17-30)20-38-33-23-46-34(36(33)39(37(38)44)21-28-10-7-13-31(18-28)25(2)41)15-4-5-16-35(43)45-22-29-11-8-14-32(19-29)26(3)42/h6-14,17-19,33-34,36H,4-5,15-16,20-23H2,1-3H3/t33?,34-,36?/m0/s1. The number of thioether (sulfide) groups is 1. The molecule has 9 heteroatoms. The lowest BCUT2D eigenvalue weighted by Crippen LogP contribution is -2.40. The van der Waals surface area contributed by atoms with Crippen molar-refractivity contribution in [3.05, 3.63) is 106 Å². The van der Waals surface area contributed by atoms with Crippen LogP contribution in [-0.4, -0.2) is 62.2 Å². The van der Waals surface area contributed by atoms with E-state index < -0.39 is 0 Å². The van der Waals surface area contributed by atoms with E-state index in [-0.39, 0.29) is 53.3 Å². The first-order valence-corrected chi connectivity index (χ1v) is 16.8. The molecule has 3 atom stereocenters. The molecule has 2 unspecified atom stereocenters. The number of esters is 1. The van der Waals surface area contributed by atoms with Gasteiger partial charge in [-0.25, -0.2) is 4.79 Å². The molecule has 2 fully saturated rings. The summed E-state index contributed by atoms with van der Waals surface area (Å²) in [5, 5.41) is 0.198. The van der Waals surface area contributed by atoms with Crippen molar-refractivity contribution >= 4 is 41.1 Å². The second kappa shape index (κ2) is 14.9. The van der Waals surface area contributed by atoms with Crippen LogP contribution in [0.15, 0.2) is 72.8 Å². The van der Waals surface area contributed by atoms with E-state index in [1.54, 1.807) is 44.2 Å². The largest absolute Gasteiger partial charge is 0.461 e. The van der Waals surface area contributed by atoms with Crippen LogP contribution in [0.5, 0.6) is 0 Å². The van der Waals surface area contributed by atoms with Gasteiger partial charge in [-0.3, -0.25) is 19.2 Å². The molecule has 3 aromatic carbocycles. The molecule has 0 aromatic heterocycles. The molecule has 2 saturated heterocycles. The van der Waals surface area contributed by atoms with Gasteiger partial charge in [0.15, 0.2) is 17.3 Å². The number of ether oxygens (including phenoxy) is 1. The van der Waals surface area contributed by atoms with Crippen LogP contribution in [0.2, 0.25) is 0 Å². The van der Waals surface area contributed by atoms with Crippen LogP contribution >= 0.6 is 11.8 Å². The zero-order valence-corrected chi connectivity index (χ0v) is 27.4. The van der Waals surface area contributed by atoms with Crippen LogP contribution in [0, 0.1) is 0 Å². The summed E-state index contributed by atoms with van der Waals surface area (Å²) in [7, 11) is 0. The predicted molar refractivity (Wildman–Crippen MR) is 178 cm³/mol. The maximum Gasteiger partial charge on any atom is 0.321 e. The van der Waals surface area contributed by atoms with Crippen molar-refractivity contribution in [3.8, 4) is 0 Å². The van der Waals surface area contributed by atoms with Gasteiger partial charge < -0.3 is 14.5 Å². The first kappa shape index (κ1) is 33.1. The molecule has 5 rings (SSSR count). The average molecular weight is 641 g/mol. The summed E-state index contributed by atoms with van der Waals surface area (Å²) in [6.45, 7) is 5.54. The highest BCUT2D eigenvalue weighted by Gasteiger charge is 2.52. The van der Waals surface area contributed by atoms with Gasteiger partial charge in [-0.15, -0.1) is 0 Å².